The van der Waals surface area contributed by atoms with Gasteiger partial charge in [0.25, 0.3) is 15.7 Å². The van der Waals surface area contributed by atoms with E-state index >= 15 is 0 Å². The van der Waals surface area contributed by atoms with E-state index in [2.05, 4.69) is 4.72 Å². The predicted molar refractivity (Wildman–Crippen MR) is 92.9 cm³/mol. The lowest BCUT2D eigenvalue weighted by Crippen LogP contribution is -2.14. The molecule has 0 radical (unpaired) electrons. The highest BCUT2D eigenvalue weighted by atomic mass is 35.5. The molecule has 0 saturated heterocycles. The van der Waals surface area contributed by atoms with E-state index in [4.69, 9.17) is 11.6 Å². The van der Waals surface area contributed by atoms with Crippen LogP contribution in [0.1, 0.15) is 0 Å². The number of nitrogens with zero attached hydrogens (tertiary/aromatic N) is 1. The van der Waals surface area contributed by atoms with Crippen molar-refractivity contribution in [1.82, 2.24) is 0 Å². The number of rotatable bonds is 4. The summed E-state index contributed by atoms with van der Waals surface area (Å²) in [6.07, 6.45) is 0. The van der Waals surface area contributed by atoms with Crippen molar-refractivity contribution in [3.63, 3.8) is 0 Å². The third-order valence-electron chi connectivity index (χ3n) is 3.41. The minimum Gasteiger partial charge on any atom is -0.279 e. The number of fused-ring (bicyclic) bond motifs is 1. The number of anilines is 1. The largest absolute Gasteiger partial charge is 0.291 e. The molecule has 1 N–H and O–H groups in total. The number of benzene rings is 3. The van der Waals surface area contributed by atoms with Crippen LogP contribution in [-0.2, 0) is 10.0 Å². The standard InChI is InChI=1S/C16H11ClN2O4S/c17-13-6-8-16(15(10-13)19(20)21)24(22,23)18-14-7-5-11-3-1-2-4-12(11)9-14/h1-10,18H. The van der Waals surface area contributed by atoms with Crippen LogP contribution in [0.2, 0.25) is 5.02 Å². The van der Waals surface area contributed by atoms with Crippen molar-refractivity contribution in [2.24, 2.45) is 0 Å². The zero-order valence-corrected chi connectivity index (χ0v) is 13.7. The summed E-state index contributed by atoms with van der Waals surface area (Å²) in [6.45, 7) is 0. The average Bonchev–Trinajstić information content (AvgIpc) is 2.54. The second-order valence-corrected chi connectivity index (χ2v) is 7.12. The molecule has 0 bridgehead atoms. The van der Waals surface area contributed by atoms with Gasteiger partial charge >= 0.3 is 0 Å². The van der Waals surface area contributed by atoms with Crippen molar-refractivity contribution in [1.29, 1.82) is 0 Å². The van der Waals surface area contributed by atoms with Gasteiger partial charge in [-0.3, -0.25) is 14.8 Å². The van der Waals surface area contributed by atoms with Gasteiger partial charge in [0.1, 0.15) is 0 Å². The van der Waals surface area contributed by atoms with Gasteiger partial charge in [0, 0.05) is 16.8 Å². The maximum Gasteiger partial charge on any atom is 0.291 e. The third-order valence-corrected chi connectivity index (χ3v) is 5.07. The van der Waals surface area contributed by atoms with E-state index < -0.39 is 25.5 Å². The Hall–Kier alpha value is -2.64. The Morgan fingerprint density at radius 1 is 0.958 bits per heavy atom. The van der Waals surface area contributed by atoms with Gasteiger partial charge in [-0.05, 0) is 35.0 Å². The number of hydrogen-bond acceptors (Lipinski definition) is 4. The SMILES string of the molecule is O=[N+]([O-])c1cc(Cl)ccc1S(=O)(=O)Nc1ccc2ccccc2c1. The zero-order chi connectivity index (χ0) is 17.3. The third kappa shape index (κ3) is 3.17. The molecule has 0 amide bonds. The first-order valence-electron chi connectivity index (χ1n) is 6.82. The van der Waals surface area contributed by atoms with Gasteiger partial charge in [0.15, 0.2) is 4.90 Å². The first kappa shape index (κ1) is 16.2. The van der Waals surface area contributed by atoms with Crippen LogP contribution in [0.5, 0.6) is 0 Å². The van der Waals surface area contributed by atoms with Gasteiger partial charge in [0.2, 0.25) is 0 Å². The molecule has 0 aliphatic heterocycles. The van der Waals surface area contributed by atoms with Crippen molar-refractivity contribution < 1.29 is 13.3 Å². The summed E-state index contributed by atoms with van der Waals surface area (Å²) < 4.78 is 27.4. The molecule has 0 saturated carbocycles. The smallest absolute Gasteiger partial charge is 0.279 e. The van der Waals surface area contributed by atoms with E-state index in [0.29, 0.717) is 5.69 Å². The lowest BCUT2D eigenvalue weighted by molar-refractivity contribution is -0.387. The van der Waals surface area contributed by atoms with Crippen LogP contribution in [0.4, 0.5) is 11.4 Å². The molecule has 6 nitrogen and oxygen atoms in total. The lowest BCUT2D eigenvalue weighted by Gasteiger charge is -2.09. The van der Waals surface area contributed by atoms with E-state index in [1.165, 1.54) is 6.07 Å². The van der Waals surface area contributed by atoms with E-state index in [0.717, 1.165) is 22.9 Å². The van der Waals surface area contributed by atoms with E-state index in [1.807, 2.05) is 24.3 Å². The van der Waals surface area contributed by atoms with Crippen molar-refractivity contribution >= 4 is 43.8 Å². The molecule has 0 aliphatic carbocycles. The van der Waals surface area contributed by atoms with E-state index in [1.54, 1.807) is 18.2 Å². The van der Waals surface area contributed by atoms with Gasteiger partial charge in [-0.15, -0.1) is 0 Å². The van der Waals surface area contributed by atoms with Crippen LogP contribution in [0.15, 0.2) is 65.6 Å². The normalized spacial score (nSPS) is 11.4. The Bertz CT molecular complexity index is 1050. The summed E-state index contributed by atoms with van der Waals surface area (Å²) in [4.78, 5) is 9.89. The average molecular weight is 363 g/mol. The molecular weight excluding hydrogens is 352 g/mol. The fraction of sp³-hybridized carbons (Fsp3) is 0. The zero-order valence-electron chi connectivity index (χ0n) is 12.1. The maximum absolute atomic E-state index is 12.5. The molecule has 0 atom stereocenters. The van der Waals surface area contributed by atoms with Gasteiger partial charge in [0.05, 0.1) is 4.92 Å². The summed E-state index contributed by atoms with van der Waals surface area (Å²) >= 11 is 5.72. The summed E-state index contributed by atoms with van der Waals surface area (Å²) in [5, 5.41) is 13.0. The molecule has 0 spiro atoms. The van der Waals surface area contributed by atoms with Crippen LogP contribution in [0, 0.1) is 10.1 Å². The topological polar surface area (TPSA) is 89.3 Å². The Balaban J connectivity index is 2.03. The highest BCUT2D eigenvalue weighted by Crippen LogP contribution is 2.29. The van der Waals surface area contributed by atoms with E-state index in [-0.39, 0.29) is 5.02 Å². The molecule has 0 fully saturated rings. The van der Waals surface area contributed by atoms with Crippen molar-refractivity contribution in [3.8, 4) is 0 Å². The summed E-state index contributed by atoms with van der Waals surface area (Å²) in [5.74, 6) is 0. The second-order valence-electron chi connectivity index (χ2n) is 5.04. The number of sulfonamides is 1. The van der Waals surface area contributed by atoms with Gasteiger partial charge in [-0.2, -0.15) is 0 Å². The summed E-state index contributed by atoms with van der Waals surface area (Å²) in [6, 6.07) is 15.9. The van der Waals surface area contributed by atoms with Gasteiger partial charge in [-0.25, -0.2) is 8.42 Å². The van der Waals surface area contributed by atoms with Crippen LogP contribution < -0.4 is 4.72 Å². The first-order chi connectivity index (χ1) is 11.4. The van der Waals surface area contributed by atoms with Crippen molar-refractivity contribution in [2.75, 3.05) is 4.72 Å². The van der Waals surface area contributed by atoms with E-state index in [9.17, 15) is 18.5 Å². The monoisotopic (exact) mass is 362 g/mol. The van der Waals surface area contributed by atoms with Gasteiger partial charge in [-0.1, -0.05) is 41.9 Å². The molecule has 122 valence electrons. The molecule has 0 heterocycles. The maximum atomic E-state index is 12.5. The lowest BCUT2D eigenvalue weighted by atomic mass is 10.1. The number of halogens is 1. The van der Waals surface area contributed by atoms with Crippen LogP contribution in [0.25, 0.3) is 10.8 Å². The Kier molecular flexibility index (Phi) is 4.13. The number of nitrogens with one attached hydrogen (secondary N) is 1. The minimum atomic E-state index is -4.12. The number of nitro groups is 1. The van der Waals surface area contributed by atoms with Crippen LogP contribution in [0.3, 0.4) is 0 Å². The first-order valence-corrected chi connectivity index (χ1v) is 8.68. The minimum absolute atomic E-state index is 0.0892. The molecule has 0 unspecified atom stereocenters. The summed E-state index contributed by atoms with van der Waals surface area (Å²) in [7, 11) is -4.12. The molecule has 3 rings (SSSR count). The predicted octanol–water partition coefficient (Wildman–Crippen LogP) is 4.20. The number of hydrogen-bond donors (Lipinski definition) is 1. The molecule has 8 heteroatoms. The fourth-order valence-corrected chi connectivity index (χ4v) is 3.69. The molecule has 24 heavy (non-hydrogen) atoms. The van der Waals surface area contributed by atoms with Crippen LogP contribution >= 0.6 is 11.6 Å². The number of nitro benzene ring substituents is 1. The van der Waals surface area contributed by atoms with Crippen LogP contribution in [-0.4, -0.2) is 13.3 Å². The molecule has 0 aliphatic rings. The Morgan fingerprint density at radius 3 is 2.38 bits per heavy atom. The molecule has 0 aromatic heterocycles. The quantitative estimate of drug-likeness (QED) is 0.556. The molecular formula is C16H11ClN2O4S. The Labute approximate surface area is 142 Å². The molecule has 3 aromatic carbocycles. The second kappa shape index (κ2) is 6.10. The van der Waals surface area contributed by atoms with Crippen molar-refractivity contribution in [3.05, 3.63) is 75.8 Å². The molecule has 3 aromatic rings. The summed E-state index contributed by atoms with van der Waals surface area (Å²) in [5.41, 5.74) is -0.256. The fourth-order valence-electron chi connectivity index (χ4n) is 2.32. The highest BCUT2D eigenvalue weighted by molar-refractivity contribution is 7.92. The Morgan fingerprint density at radius 2 is 1.67 bits per heavy atom. The highest BCUT2D eigenvalue weighted by Gasteiger charge is 2.26. The van der Waals surface area contributed by atoms with Gasteiger partial charge < -0.3 is 0 Å². The van der Waals surface area contributed by atoms with Crippen molar-refractivity contribution in [2.45, 2.75) is 4.90 Å².